The van der Waals surface area contributed by atoms with Crippen LogP contribution >= 0.6 is 11.5 Å². The first kappa shape index (κ1) is 13.3. The van der Waals surface area contributed by atoms with E-state index in [1.165, 1.54) is 11.5 Å². The SMILES string of the molecule is CNC(=O)c1c(N)nsc1NCCc1ncn(C)n1. The first-order chi connectivity index (χ1) is 9.11. The molecule has 0 aliphatic heterocycles. The fourth-order valence-electron chi connectivity index (χ4n) is 1.55. The number of aryl methyl sites for hydroxylation is 1. The predicted octanol–water partition coefficient (Wildman–Crippen LogP) is -0.132. The Morgan fingerprint density at radius 3 is 3.00 bits per heavy atom. The third-order valence-electron chi connectivity index (χ3n) is 2.45. The molecule has 0 fully saturated rings. The highest BCUT2D eigenvalue weighted by molar-refractivity contribution is 7.11. The van der Waals surface area contributed by atoms with Gasteiger partial charge in [-0.15, -0.1) is 0 Å². The summed E-state index contributed by atoms with van der Waals surface area (Å²) in [6.45, 7) is 0.607. The Balaban J connectivity index is 1.98. The molecule has 102 valence electrons. The van der Waals surface area contributed by atoms with Crippen molar-refractivity contribution in [3.05, 3.63) is 17.7 Å². The zero-order valence-corrected chi connectivity index (χ0v) is 11.5. The standard InChI is InChI=1S/C10H15N7OS/c1-12-9(18)7-8(11)16-19-10(7)13-4-3-6-14-5-17(2)15-6/h5,13H,3-4H2,1-2H3,(H2,11,16)(H,12,18). The van der Waals surface area contributed by atoms with Crippen molar-refractivity contribution in [2.75, 3.05) is 24.6 Å². The normalized spacial score (nSPS) is 10.4. The van der Waals surface area contributed by atoms with Crippen LogP contribution in [-0.2, 0) is 13.5 Å². The zero-order chi connectivity index (χ0) is 13.8. The summed E-state index contributed by atoms with van der Waals surface area (Å²) >= 11 is 1.17. The van der Waals surface area contributed by atoms with Crippen molar-refractivity contribution >= 4 is 28.3 Å². The largest absolute Gasteiger partial charge is 0.382 e. The molecule has 4 N–H and O–H groups in total. The average molecular weight is 281 g/mol. The van der Waals surface area contributed by atoms with E-state index in [1.807, 2.05) is 7.05 Å². The molecule has 0 saturated heterocycles. The number of rotatable bonds is 5. The minimum atomic E-state index is -0.246. The van der Waals surface area contributed by atoms with Crippen LogP contribution < -0.4 is 16.4 Å². The van der Waals surface area contributed by atoms with Crippen LogP contribution in [-0.4, -0.2) is 38.6 Å². The molecular formula is C10H15N7OS. The molecule has 8 nitrogen and oxygen atoms in total. The molecule has 0 atom stereocenters. The summed E-state index contributed by atoms with van der Waals surface area (Å²) in [7, 11) is 3.37. The van der Waals surface area contributed by atoms with Gasteiger partial charge in [0.15, 0.2) is 11.6 Å². The van der Waals surface area contributed by atoms with Gasteiger partial charge in [0.25, 0.3) is 5.91 Å². The molecule has 2 aromatic heterocycles. The lowest BCUT2D eigenvalue weighted by Gasteiger charge is -2.04. The molecule has 0 aromatic carbocycles. The highest BCUT2D eigenvalue weighted by Crippen LogP contribution is 2.26. The lowest BCUT2D eigenvalue weighted by molar-refractivity contribution is 0.0965. The van der Waals surface area contributed by atoms with Gasteiger partial charge in [-0.25, -0.2) is 4.98 Å². The molecule has 0 unspecified atom stereocenters. The molecule has 0 spiro atoms. The van der Waals surface area contributed by atoms with Crippen LogP contribution in [0.25, 0.3) is 0 Å². The molecule has 0 saturated carbocycles. The fourth-order valence-corrected chi connectivity index (χ4v) is 2.29. The molecule has 0 aliphatic carbocycles. The van der Waals surface area contributed by atoms with Gasteiger partial charge in [-0.1, -0.05) is 0 Å². The van der Waals surface area contributed by atoms with Gasteiger partial charge in [-0.3, -0.25) is 9.48 Å². The Hall–Kier alpha value is -2.16. The third kappa shape index (κ3) is 2.99. The first-order valence-electron chi connectivity index (χ1n) is 5.67. The number of nitrogens with one attached hydrogen (secondary N) is 2. The van der Waals surface area contributed by atoms with Crippen molar-refractivity contribution in [2.24, 2.45) is 7.05 Å². The molecule has 19 heavy (non-hydrogen) atoms. The quantitative estimate of drug-likeness (QED) is 0.704. The minimum Gasteiger partial charge on any atom is -0.382 e. The van der Waals surface area contributed by atoms with E-state index in [-0.39, 0.29) is 11.7 Å². The van der Waals surface area contributed by atoms with Crippen LogP contribution in [0.5, 0.6) is 0 Å². The van der Waals surface area contributed by atoms with E-state index >= 15 is 0 Å². The molecule has 0 bridgehead atoms. The van der Waals surface area contributed by atoms with E-state index in [2.05, 4.69) is 25.1 Å². The van der Waals surface area contributed by atoms with Gasteiger partial charge >= 0.3 is 0 Å². The second-order valence-corrected chi connectivity index (χ2v) is 4.64. The lowest BCUT2D eigenvalue weighted by Crippen LogP contribution is -2.20. The average Bonchev–Trinajstić information content (AvgIpc) is 2.96. The molecule has 1 amide bonds. The maximum atomic E-state index is 11.7. The zero-order valence-electron chi connectivity index (χ0n) is 10.7. The van der Waals surface area contributed by atoms with Gasteiger partial charge in [0.2, 0.25) is 0 Å². The molecule has 2 heterocycles. The minimum absolute atomic E-state index is 0.239. The van der Waals surface area contributed by atoms with Crippen LogP contribution in [0.3, 0.4) is 0 Å². The van der Waals surface area contributed by atoms with E-state index in [1.54, 1.807) is 18.1 Å². The smallest absolute Gasteiger partial charge is 0.257 e. The molecule has 0 aliphatic rings. The maximum Gasteiger partial charge on any atom is 0.257 e. The Bertz CT molecular complexity index is 576. The third-order valence-corrected chi connectivity index (χ3v) is 3.27. The second kappa shape index (κ2) is 5.65. The Labute approximate surface area is 114 Å². The van der Waals surface area contributed by atoms with E-state index < -0.39 is 0 Å². The number of amides is 1. The van der Waals surface area contributed by atoms with E-state index in [0.717, 1.165) is 5.82 Å². The molecule has 0 radical (unpaired) electrons. The van der Waals surface area contributed by atoms with E-state index in [9.17, 15) is 4.79 Å². The van der Waals surface area contributed by atoms with Crippen molar-refractivity contribution in [1.29, 1.82) is 0 Å². The number of hydrogen-bond donors (Lipinski definition) is 3. The van der Waals surface area contributed by atoms with Crippen LogP contribution in [0.15, 0.2) is 6.33 Å². The number of hydrogen-bond acceptors (Lipinski definition) is 7. The fraction of sp³-hybridized carbons (Fsp3) is 0.400. The summed E-state index contributed by atoms with van der Waals surface area (Å²) in [6, 6.07) is 0. The summed E-state index contributed by atoms with van der Waals surface area (Å²) in [5.74, 6) is 0.738. The van der Waals surface area contributed by atoms with Crippen molar-refractivity contribution in [1.82, 2.24) is 24.5 Å². The highest BCUT2D eigenvalue weighted by atomic mass is 32.1. The first-order valence-corrected chi connectivity index (χ1v) is 6.44. The van der Waals surface area contributed by atoms with Crippen LogP contribution in [0, 0.1) is 0 Å². The number of anilines is 2. The van der Waals surface area contributed by atoms with E-state index in [4.69, 9.17) is 5.73 Å². The summed E-state index contributed by atoms with van der Waals surface area (Å²) in [5.41, 5.74) is 6.06. The highest BCUT2D eigenvalue weighted by Gasteiger charge is 2.17. The number of carbonyl (C=O) groups excluding carboxylic acids is 1. The number of nitrogen functional groups attached to an aromatic ring is 1. The summed E-state index contributed by atoms with van der Waals surface area (Å²) in [5, 5.41) is 10.5. The van der Waals surface area contributed by atoms with Crippen LogP contribution in [0.1, 0.15) is 16.2 Å². The molecular weight excluding hydrogens is 266 g/mol. The van der Waals surface area contributed by atoms with Gasteiger partial charge in [-0.2, -0.15) is 9.47 Å². The molecule has 2 rings (SSSR count). The van der Waals surface area contributed by atoms with E-state index in [0.29, 0.717) is 23.5 Å². The van der Waals surface area contributed by atoms with Gasteiger partial charge in [0.05, 0.1) is 0 Å². The van der Waals surface area contributed by atoms with Gasteiger partial charge in [0.1, 0.15) is 16.9 Å². The predicted molar refractivity (Wildman–Crippen MR) is 73.1 cm³/mol. The van der Waals surface area contributed by atoms with Crippen LogP contribution in [0.2, 0.25) is 0 Å². The number of nitrogens with two attached hydrogens (primary N) is 1. The summed E-state index contributed by atoms with van der Waals surface area (Å²) < 4.78 is 5.62. The van der Waals surface area contributed by atoms with Crippen molar-refractivity contribution in [3.63, 3.8) is 0 Å². The molecule has 9 heteroatoms. The number of nitrogens with zero attached hydrogens (tertiary/aromatic N) is 4. The van der Waals surface area contributed by atoms with Gasteiger partial charge in [0, 0.05) is 27.1 Å². The Morgan fingerprint density at radius 1 is 1.58 bits per heavy atom. The Morgan fingerprint density at radius 2 is 2.37 bits per heavy atom. The van der Waals surface area contributed by atoms with Gasteiger partial charge in [-0.05, 0) is 11.5 Å². The lowest BCUT2D eigenvalue weighted by atomic mass is 10.3. The monoisotopic (exact) mass is 281 g/mol. The number of carbonyl (C=O) groups is 1. The van der Waals surface area contributed by atoms with Crippen molar-refractivity contribution in [3.8, 4) is 0 Å². The number of aromatic nitrogens is 4. The van der Waals surface area contributed by atoms with Crippen molar-refractivity contribution in [2.45, 2.75) is 6.42 Å². The second-order valence-electron chi connectivity index (χ2n) is 3.86. The maximum absolute atomic E-state index is 11.7. The van der Waals surface area contributed by atoms with Crippen LogP contribution in [0.4, 0.5) is 10.8 Å². The molecule has 2 aromatic rings. The Kier molecular flexibility index (Phi) is 3.95. The van der Waals surface area contributed by atoms with Gasteiger partial charge < -0.3 is 16.4 Å². The summed E-state index contributed by atoms with van der Waals surface area (Å²) in [4.78, 5) is 15.8. The van der Waals surface area contributed by atoms with Crippen molar-refractivity contribution < 1.29 is 4.79 Å². The topological polar surface area (TPSA) is 111 Å². The summed E-state index contributed by atoms with van der Waals surface area (Å²) in [6.07, 6.45) is 2.31.